The number of ether oxygens (including phenoxy) is 1. The summed E-state index contributed by atoms with van der Waals surface area (Å²) in [6.07, 6.45) is 3.52. The van der Waals surface area contributed by atoms with Crippen molar-refractivity contribution >= 4 is 40.5 Å². The quantitative estimate of drug-likeness (QED) is 0.215. The molecule has 3 aromatic carbocycles. The Morgan fingerprint density at radius 2 is 1.73 bits per heavy atom. The van der Waals surface area contributed by atoms with Gasteiger partial charge in [-0.15, -0.1) is 0 Å². The van der Waals surface area contributed by atoms with Crippen molar-refractivity contribution in [3.05, 3.63) is 96.8 Å². The van der Waals surface area contributed by atoms with Gasteiger partial charge in [0.25, 0.3) is 5.91 Å². The van der Waals surface area contributed by atoms with Crippen LogP contribution >= 0.6 is 0 Å². The second-order valence-electron chi connectivity index (χ2n) is 12.3. The molecule has 2 saturated heterocycles. The van der Waals surface area contributed by atoms with Gasteiger partial charge in [-0.1, -0.05) is 36.9 Å². The molecule has 6 rings (SSSR count). The number of methoxy groups -OCH3 is 1. The maximum Gasteiger partial charge on any atom is 0.253 e. The van der Waals surface area contributed by atoms with E-state index in [2.05, 4.69) is 56.2 Å². The summed E-state index contributed by atoms with van der Waals surface area (Å²) in [7, 11) is 7.22. The highest BCUT2D eigenvalue weighted by molar-refractivity contribution is 6.02. The monoisotopic (exact) mass is 662 g/mol. The summed E-state index contributed by atoms with van der Waals surface area (Å²) in [5.74, 6) is 1.39. The molecule has 12 nitrogen and oxygen atoms in total. The number of hydroxylamine groups is 1. The van der Waals surface area contributed by atoms with Gasteiger partial charge >= 0.3 is 0 Å². The van der Waals surface area contributed by atoms with Crippen molar-refractivity contribution in [2.75, 3.05) is 81.6 Å². The number of nitrogens with zero attached hydrogens (tertiary/aromatic N) is 6. The zero-order valence-electron chi connectivity index (χ0n) is 28.3. The molecule has 0 bridgehead atoms. The van der Waals surface area contributed by atoms with E-state index in [1.54, 1.807) is 26.1 Å². The highest BCUT2D eigenvalue weighted by atomic mass is 16.7. The van der Waals surface area contributed by atoms with E-state index in [0.717, 1.165) is 55.0 Å². The highest BCUT2D eigenvalue weighted by Gasteiger charge is 2.30. The molecule has 2 aliphatic heterocycles. The van der Waals surface area contributed by atoms with E-state index in [-0.39, 0.29) is 17.9 Å². The Balaban J connectivity index is 1.26. The van der Waals surface area contributed by atoms with Crippen molar-refractivity contribution < 1.29 is 19.2 Å². The first kappa shape index (κ1) is 33.4. The standard InChI is InChI=1S/C37H42N8O4/c1-6-36(46)41-29-21-30(33(48-5)22-32(29)44-16-14-43(4)15-17-44)40-34-23-35(39-24-38-34)45-31(13-18-49-45)27-11-7-9-25(19-27)26-10-8-12-28(20-26)37(47)42(2)3/h6-12,19-24,31H,1,13-18H2,2-5H3,(H,41,46)(H,38,39,40). The molecule has 0 radical (unpaired) electrons. The molecule has 0 aliphatic carbocycles. The second-order valence-corrected chi connectivity index (χ2v) is 12.3. The van der Waals surface area contributed by atoms with Gasteiger partial charge < -0.3 is 30.1 Å². The Bertz CT molecular complexity index is 1840. The number of carbonyl (C=O) groups excluding carboxylic acids is 2. The summed E-state index contributed by atoms with van der Waals surface area (Å²) in [4.78, 5) is 46.3. The maximum atomic E-state index is 12.6. The van der Waals surface area contributed by atoms with Gasteiger partial charge in [0, 0.05) is 64.4 Å². The predicted molar refractivity (Wildman–Crippen MR) is 193 cm³/mol. The summed E-state index contributed by atoms with van der Waals surface area (Å²) in [6.45, 7) is 7.62. The SMILES string of the molecule is C=CC(=O)Nc1cc(Nc2cc(N3OCCC3c3cccc(-c4cccc(C(=O)N(C)C)c4)c3)ncn2)c(OC)cc1N1CCN(C)CC1. The lowest BCUT2D eigenvalue weighted by Gasteiger charge is -2.35. The number of anilines is 5. The second kappa shape index (κ2) is 14.8. The highest BCUT2D eigenvalue weighted by Crippen LogP contribution is 2.40. The van der Waals surface area contributed by atoms with E-state index in [9.17, 15) is 9.59 Å². The molecule has 1 aromatic heterocycles. The number of hydrogen-bond acceptors (Lipinski definition) is 10. The molecule has 0 spiro atoms. The third-order valence-electron chi connectivity index (χ3n) is 8.77. The van der Waals surface area contributed by atoms with Crippen molar-refractivity contribution in [3.8, 4) is 16.9 Å². The van der Waals surface area contributed by atoms with Gasteiger partial charge in [0.2, 0.25) is 5.91 Å². The molecule has 1 unspecified atom stereocenters. The number of likely N-dealkylation sites (N-methyl/N-ethyl adjacent to an activating group) is 1. The topological polar surface area (TPSA) is 115 Å². The minimum Gasteiger partial charge on any atom is -0.494 e. The lowest BCUT2D eigenvalue weighted by molar-refractivity contribution is -0.111. The molecule has 2 fully saturated rings. The van der Waals surface area contributed by atoms with Gasteiger partial charge in [-0.3, -0.25) is 14.4 Å². The molecule has 2 N–H and O–H groups in total. The lowest BCUT2D eigenvalue weighted by Crippen LogP contribution is -2.44. The zero-order chi connectivity index (χ0) is 34.5. The van der Waals surface area contributed by atoms with E-state index in [4.69, 9.17) is 9.57 Å². The van der Waals surface area contributed by atoms with Crippen molar-refractivity contribution in [1.29, 1.82) is 0 Å². The average Bonchev–Trinajstić information content (AvgIpc) is 3.62. The van der Waals surface area contributed by atoms with Crippen LogP contribution in [-0.4, -0.2) is 92.6 Å². The molecule has 4 aromatic rings. The van der Waals surface area contributed by atoms with Crippen LogP contribution in [0, 0.1) is 0 Å². The molecule has 12 heteroatoms. The summed E-state index contributed by atoms with van der Waals surface area (Å²) in [5.41, 5.74) is 5.83. The third kappa shape index (κ3) is 7.50. The van der Waals surface area contributed by atoms with Crippen molar-refractivity contribution in [1.82, 2.24) is 19.8 Å². The van der Waals surface area contributed by atoms with E-state index in [1.807, 2.05) is 59.7 Å². The first-order valence-electron chi connectivity index (χ1n) is 16.3. The predicted octanol–water partition coefficient (Wildman–Crippen LogP) is 5.36. The fourth-order valence-electron chi connectivity index (χ4n) is 6.12. The van der Waals surface area contributed by atoms with Crippen LogP contribution in [-0.2, 0) is 9.63 Å². The Kier molecular flexibility index (Phi) is 10.1. The summed E-state index contributed by atoms with van der Waals surface area (Å²) in [6, 6.07) is 21.5. The van der Waals surface area contributed by atoms with Gasteiger partial charge in [-0.05, 0) is 54.1 Å². The van der Waals surface area contributed by atoms with Crippen LogP contribution in [0.4, 0.5) is 28.7 Å². The number of carbonyl (C=O) groups is 2. The van der Waals surface area contributed by atoms with Gasteiger partial charge in [-0.25, -0.2) is 15.0 Å². The Morgan fingerprint density at radius 1 is 0.980 bits per heavy atom. The average molecular weight is 663 g/mol. The van der Waals surface area contributed by atoms with Crippen LogP contribution in [0.1, 0.15) is 28.4 Å². The van der Waals surface area contributed by atoms with Crippen LogP contribution in [0.15, 0.2) is 85.7 Å². The van der Waals surface area contributed by atoms with Crippen LogP contribution < -0.4 is 25.3 Å². The van der Waals surface area contributed by atoms with Crippen LogP contribution in [0.3, 0.4) is 0 Å². The van der Waals surface area contributed by atoms with E-state index >= 15 is 0 Å². The lowest BCUT2D eigenvalue weighted by atomic mass is 9.97. The summed E-state index contributed by atoms with van der Waals surface area (Å²) in [5, 5.41) is 8.16. The molecule has 2 amide bonds. The van der Waals surface area contributed by atoms with Crippen LogP contribution in [0.2, 0.25) is 0 Å². The number of rotatable bonds is 10. The first-order valence-corrected chi connectivity index (χ1v) is 16.3. The fraction of sp³-hybridized carbons (Fsp3) is 0.297. The van der Waals surface area contributed by atoms with Crippen LogP contribution in [0.25, 0.3) is 11.1 Å². The van der Waals surface area contributed by atoms with E-state index < -0.39 is 0 Å². The number of aromatic nitrogens is 2. The van der Waals surface area contributed by atoms with Gasteiger partial charge in [0.1, 0.15) is 17.9 Å². The molecule has 1 atom stereocenters. The molecule has 2 aliphatic rings. The Hall–Kier alpha value is -5.46. The third-order valence-corrected chi connectivity index (χ3v) is 8.77. The zero-order valence-corrected chi connectivity index (χ0v) is 28.3. The molecule has 254 valence electrons. The fourth-order valence-corrected chi connectivity index (χ4v) is 6.12. The van der Waals surface area contributed by atoms with Crippen molar-refractivity contribution in [2.45, 2.75) is 12.5 Å². The maximum absolute atomic E-state index is 12.6. The van der Waals surface area contributed by atoms with Gasteiger partial charge in [-0.2, -0.15) is 0 Å². The van der Waals surface area contributed by atoms with Crippen LogP contribution in [0.5, 0.6) is 5.75 Å². The number of amides is 2. The van der Waals surface area contributed by atoms with Crippen molar-refractivity contribution in [2.24, 2.45) is 0 Å². The number of nitrogens with one attached hydrogen (secondary N) is 2. The molecular formula is C37H42N8O4. The molecule has 49 heavy (non-hydrogen) atoms. The number of hydrogen-bond donors (Lipinski definition) is 2. The molecular weight excluding hydrogens is 620 g/mol. The minimum absolute atomic E-state index is 0.0390. The van der Waals surface area contributed by atoms with Gasteiger partial charge in [0.15, 0.2) is 5.82 Å². The smallest absolute Gasteiger partial charge is 0.253 e. The first-order chi connectivity index (χ1) is 23.7. The summed E-state index contributed by atoms with van der Waals surface area (Å²) >= 11 is 0. The normalized spacial score (nSPS) is 16.3. The largest absolute Gasteiger partial charge is 0.494 e. The Labute approximate surface area is 286 Å². The van der Waals surface area contributed by atoms with Gasteiger partial charge in [0.05, 0.1) is 36.8 Å². The molecule has 0 saturated carbocycles. The van der Waals surface area contributed by atoms with Crippen molar-refractivity contribution in [3.63, 3.8) is 0 Å². The van der Waals surface area contributed by atoms with E-state index in [0.29, 0.717) is 40.9 Å². The summed E-state index contributed by atoms with van der Waals surface area (Å²) < 4.78 is 5.81. The number of benzene rings is 3. The molecule has 3 heterocycles. The Morgan fingerprint density at radius 3 is 2.47 bits per heavy atom. The van der Waals surface area contributed by atoms with E-state index in [1.165, 1.54) is 12.4 Å². The minimum atomic E-state index is -0.299. The number of piperazine rings is 1.